The van der Waals surface area contributed by atoms with Gasteiger partial charge in [0.1, 0.15) is 12.4 Å². The summed E-state index contributed by atoms with van der Waals surface area (Å²) in [5, 5.41) is 4.35. The van der Waals surface area contributed by atoms with Crippen LogP contribution in [0.25, 0.3) is 6.08 Å². The summed E-state index contributed by atoms with van der Waals surface area (Å²) in [7, 11) is 0. The van der Waals surface area contributed by atoms with E-state index in [0.29, 0.717) is 12.5 Å². The minimum atomic E-state index is -0.215. The summed E-state index contributed by atoms with van der Waals surface area (Å²) in [6.07, 6.45) is 11.0. The Morgan fingerprint density at radius 3 is 2.62 bits per heavy atom. The van der Waals surface area contributed by atoms with Gasteiger partial charge in [0.25, 0.3) is 0 Å². The third-order valence-electron chi connectivity index (χ3n) is 4.66. The van der Waals surface area contributed by atoms with Crippen molar-refractivity contribution in [3.63, 3.8) is 0 Å². The fraction of sp³-hybridized carbons (Fsp3) is 0.591. The predicted molar refractivity (Wildman–Crippen MR) is 108 cm³/mol. The Bertz CT molecular complexity index is 560. The van der Waals surface area contributed by atoms with E-state index in [1.54, 1.807) is 12.1 Å². The summed E-state index contributed by atoms with van der Waals surface area (Å²) >= 11 is 0. The van der Waals surface area contributed by atoms with Crippen LogP contribution in [0.1, 0.15) is 57.9 Å². The third-order valence-corrected chi connectivity index (χ3v) is 4.66. The first-order valence-corrected chi connectivity index (χ1v) is 9.98. The van der Waals surface area contributed by atoms with Crippen molar-refractivity contribution >= 4 is 11.8 Å². The molecule has 1 aromatic rings. The highest BCUT2D eigenvalue weighted by atomic mass is 19.1. The van der Waals surface area contributed by atoms with Crippen molar-refractivity contribution in [1.29, 1.82) is 0 Å². The zero-order chi connectivity index (χ0) is 18.6. The van der Waals surface area contributed by atoms with E-state index >= 15 is 0 Å². The number of rotatable bonds is 10. The second-order valence-corrected chi connectivity index (χ2v) is 7.49. The van der Waals surface area contributed by atoms with Gasteiger partial charge in [-0.2, -0.15) is 0 Å². The second kappa shape index (κ2) is 11.8. The van der Waals surface area contributed by atoms with Gasteiger partial charge in [-0.15, -0.1) is 0 Å². The van der Waals surface area contributed by atoms with Crippen LogP contribution >= 0.6 is 0 Å². The molecule has 1 heterocycles. The van der Waals surface area contributed by atoms with Gasteiger partial charge in [-0.25, -0.2) is 4.39 Å². The van der Waals surface area contributed by atoms with E-state index in [4.69, 9.17) is 4.84 Å². The Balaban J connectivity index is 1.80. The van der Waals surface area contributed by atoms with Crippen LogP contribution in [0.15, 0.2) is 35.5 Å². The van der Waals surface area contributed by atoms with Crippen molar-refractivity contribution in [3.05, 3.63) is 41.7 Å². The molecule has 1 aromatic carbocycles. The van der Waals surface area contributed by atoms with E-state index in [1.807, 2.05) is 12.2 Å². The van der Waals surface area contributed by atoms with Crippen LogP contribution in [0.3, 0.4) is 0 Å². The number of nitrogens with zero attached hydrogens (tertiary/aromatic N) is 2. The number of halogens is 1. The fourth-order valence-electron chi connectivity index (χ4n) is 3.03. The Labute approximate surface area is 157 Å². The minimum Gasteiger partial charge on any atom is -0.396 e. The zero-order valence-electron chi connectivity index (χ0n) is 16.3. The minimum absolute atomic E-state index is 0.215. The van der Waals surface area contributed by atoms with Gasteiger partial charge in [-0.1, -0.05) is 43.6 Å². The van der Waals surface area contributed by atoms with Gasteiger partial charge in [-0.3, -0.25) is 0 Å². The van der Waals surface area contributed by atoms with Crippen molar-refractivity contribution in [3.8, 4) is 0 Å². The average molecular weight is 361 g/mol. The van der Waals surface area contributed by atoms with Crippen LogP contribution in [0.4, 0.5) is 4.39 Å². The molecule has 144 valence electrons. The molecule has 0 atom stereocenters. The van der Waals surface area contributed by atoms with Crippen LogP contribution in [0.5, 0.6) is 0 Å². The maximum atomic E-state index is 13.0. The number of benzene rings is 1. The molecule has 0 unspecified atom stereocenters. The van der Waals surface area contributed by atoms with Gasteiger partial charge in [0, 0.05) is 6.54 Å². The van der Waals surface area contributed by atoms with Crippen LogP contribution in [0.2, 0.25) is 0 Å². The molecule has 0 aromatic heterocycles. The first kappa shape index (κ1) is 20.6. The topological polar surface area (TPSA) is 24.8 Å². The average Bonchev–Trinajstić information content (AvgIpc) is 2.65. The summed E-state index contributed by atoms with van der Waals surface area (Å²) in [4.78, 5) is 8.10. The molecule has 2 rings (SSSR count). The first-order valence-electron chi connectivity index (χ1n) is 9.98. The van der Waals surface area contributed by atoms with E-state index in [-0.39, 0.29) is 5.82 Å². The van der Waals surface area contributed by atoms with Crippen LogP contribution in [0, 0.1) is 11.7 Å². The molecule has 1 saturated heterocycles. The monoisotopic (exact) mass is 360 g/mol. The van der Waals surface area contributed by atoms with Crippen molar-refractivity contribution in [2.75, 3.05) is 26.2 Å². The van der Waals surface area contributed by atoms with E-state index in [1.165, 1.54) is 44.5 Å². The lowest BCUT2D eigenvalue weighted by Crippen LogP contribution is -2.31. The SMILES string of the molecule is CC(C)CCC(/C=C/c1ccc(F)cc1)=N\OCCCN1CCCCC1. The number of oxime groups is 1. The molecule has 0 spiro atoms. The molecule has 1 aliphatic heterocycles. The molecule has 0 aliphatic carbocycles. The van der Waals surface area contributed by atoms with Crippen LogP contribution < -0.4 is 0 Å². The lowest BCUT2D eigenvalue weighted by molar-refractivity contribution is 0.124. The molecule has 1 aliphatic rings. The highest BCUT2D eigenvalue weighted by Gasteiger charge is 2.09. The number of allylic oxidation sites excluding steroid dienone is 1. The maximum absolute atomic E-state index is 13.0. The summed E-state index contributed by atoms with van der Waals surface area (Å²) in [6.45, 7) is 8.63. The lowest BCUT2D eigenvalue weighted by Gasteiger charge is -2.25. The van der Waals surface area contributed by atoms with E-state index in [0.717, 1.165) is 37.1 Å². The summed E-state index contributed by atoms with van der Waals surface area (Å²) in [5.74, 6) is 0.409. The van der Waals surface area contributed by atoms with Crippen LogP contribution in [-0.4, -0.2) is 36.9 Å². The number of hydrogen-bond acceptors (Lipinski definition) is 3. The number of hydrogen-bond donors (Lipinski definition) is 0. The summed E-state index contributed by atoms with van der Waals surface area (Å²) < 4.78 is 13.0. The number of likely N-dealkylation sites (tertiary alicyclic amines) is 1. The Kier molecular flexibility index (Phi) is 9.40. The van der Waals surface area contributed by atoms with Gasteiger partial charge < -0.3 is 9.74 Å². The molecule has 4 heteroatoms. The highest BCUT2D eigenvalue weighted by Crippen LogP contribution is 2.10. The Hall–Kier alpha value is -1.68. The van der Waals surface area contributed by atoms with E-state index < -0.39 is 0 Å². The molecule has 0 radical (unpaired) electrons. The molecule has 0 amide bonds. The van der Waals surface area contributed by atoms with Gasteiger partial charge in [0.05, 0.1) is 5.71 Å². The largest absolute Gasteiger partial charge is 0.396 e. The Morgan fingerprint density at radius 1 is 1.19 bits per heavy atom. The van der Waals surface area contributed by atoms with Gasteiger partial charge in [-0.05, 0) is 74.9 Å². The van der Waals surface area contributed by atoms with Crippen molar-refractivity contribution < 1.29 is 9.23 Å². The maximum Gasteiger partial charge on any atom is 0.123 e. The summed E-state index contributed by atoms with van der Waals surface area (Å²) in [6, 6.07) is 6.49. The van der Waals surface area contributed by atoms with Crippen molar-refractivity contribution in [2.45, 2.75) is 52.4 Å². The van der Waals surface area contributed by atoms with E-state index in [9.17, 15) is 4.39 Å². The van der Waals surface area contributed by atoms with E-state index in [2.05, 4.69) is 23.9 Å². The lowest BCUT2D eigenvalue weighted by atomic mass is 10.0. The predicted octanol–water partition coefficient (Wildman–Crippen LogP) is 5.52. The fourth-order valence-corrected chi connectivity index (χ4v) is 3.03. The zero-order valence-corrected chi connectivity index (χ0v) is 16.3. The standard InChI is InChI=1S/C22H33FN2O/c1-19(2)7-13-22(14-10-20-8-11-21(23)12-9-20)24-26-18-6-17-25-15-4-3-5-16-25/h8-12,14,19H,3-7,13,15-18H2,1-2H3/b14-10+,24-22+. The number of piperidine rings is 1. The molecule has 1 fully saturated rings. The quantitative estimate of drug-likeness (QED) is 0.312. The van der Waals surface area contributed by atoms with Crippen LogP contribution in [-0.2, 0) is 4.84 Å². The summed E-state index contributed by atoms with van der Waals surface area (Å²) in [5.41, 5.74) is 1.91. The molecule has 3 nitrogen and oxygen atoms in total. The molecular formula is C22H33FN2O. The smallest absolute Gasteiger partial charge is 0.123 e. The Morgan fingerprint density at radius 2 is 1.92 bits per heavy atom. The first-order chi connectivity index (χ1) is 12.6. The molecule has 0 bridgehead atoms. The second-order valence-electron chi connectivity index (χ2n) is 7.49. The van der Waals surface area contributed by atoms with Crippen molar-refractivity contribution in [2.24, 2.45) is 11.1 Å². The normalized spacial score (nSPS) is 16.5. The van der Waals surface area contributed by atoms with Gasteiger partial charge in [0.2, 0.25) is 0 Å². The van der Waals surface area contributed by atoms with Gasteiger partial charge >= 0.3 is 0 Å². The molecule has 26 heavy (non-hydrogen) atoms. The molecule has 0 N–H and O–H groups in total. The molecule has 0 saturated carbocycles. The highest BCUT2D eigenvalue weighted by molar-refractivity contribution is 5.97. The third kappa shape index (κ3) is 8.61. The van der Waals surface area contributed by atoms with Gasteiger partial charge in [0.15, 0.2) is 0 Å². The molecular weight excluding hydrogens is 327 g/mol. The van der Waals surface area contributed by atoms with Crippen molar-refractivity contribution in [1.82, 2.24) is 4.90 Å².